The minimum atomic E-state index is 0.795. The molecule has 3 rings (SSSR count). The summed E-state index contributed by atoms with van der Waals surface area (Å²) in [6.45, 7) is 2.43. The summed E-state index contributed by atoms with van der Waals surface area (Å²) in [5, 5.41) is 0. The highest BCUT2D eigenvalue weighted by Crippen LogP contribution is 2.49. The summed E-state index contributed by atoms with van der Waals surface area (Å²) in [6.07, 6.45) is 6.51. The van der Waals surface area contributed by atoms with Crippen molar-refractivity contribution in [2.24, 2.45) is 11.8 Å². The van der Waals surface area contributed by atoms with Crippen LogP contribution in [0.1, 0.15) is 37.7 Å². The van der Waals surface area contributed by atoms with E-state index in [1.807, 2.05) is 0 Å². The Labute approximate surface area is 99.2 Å². The molecule has 0 spiro atoms. The lowest BCUT2D eigenvalue weighted by Crippen LogP contribution is -2.23. The highest BCUT2D eigenvalue weighted by atomic mass is 14.4. The number of allylic oxidation sites excluding steroid dienone is 2. The minimum absolute atomic E-state index is 0.795. The Kier molecular flexibility index (Phi) is 2.42. The van der Waals surface area contributed by atoms with E-state index < -0.39 is 0 Å². The molecule has 0 radical (unpaired) electrons. The van der Waals surface area contributed by atoms with Crippen LogP contribution in [0.3, 0.4) is 0 Å². The van der Waals surface area contributed by atoms with Crippen LogP contribution >= 0.6 is 0 Å². The summed E-state index contributed by atoms with van der Waals surface area (Å²) in [6, 6.07) is 9.22. The molecule has 1 saturated carbocycles. The predicted molar refractivity (Wildman–Crippen MR) is 71.9 cm³/mol. The normalized spacial score (nSPS) is 32.6. The fourth-order valence-electron chi connectivity index (χ4n) is 3.66. The molecular formula is C15H19B. The number of hydrogen-bond acceptors (Lipinski definition) is 0. The van der Waals surface area contributed by atoms with Crippen molar-refractivity contribution in [3.8, 4) is 0 Å². The van der Waals surface area contributed by atoms with Crippen molar-refractivity contribution in [3.05, 3.63) is 41.5 Å². The van der Waals surface area contributed by atoms with Gasteiger partial charge in [0.2, 0.25) is 0 Å². The Morgan fingerprint density at radius 3 is 2.62 bits per heavy atom. The molecule has 0 N–H and O–H groups in total. The molecule has 1 fully saturated rings. The van der Waals surface area contributed by atoms with Gasteiger partial charge < -0.3 is 0 Å². The van der Waals surface area contributed by atoms with E-state index in [4.69, 9.17) is 0 Å². The maximum absolute atomic E-state index is 2.50. The predicted octanol–water partition coefficient (Wildman–Crippen LogP) is 2.40. The van der Waals surface area contributed by atoms with Crippen LogP contribution in [0.25, 0.3) is 0 Å². The molecule has 82 valence electrons. The number of fused-ring (bicyclic) bond motifs is 2. The SMILES string of the molecule is Bc1ccc(C2C(C)CC3=CCC2C3)cc1. The van der Waals surface area contributed by atoms with Crippen LogP contribution < -0.4 is 5.46 Å². The lowest BCUT2D eigenvalue weighted by Gasteiger charge is -2.34. The quantitative estimate of drug-likeness (QED) is 0.493. The highest BCUT2D eigenvalue weighted by Gasteiger charge is 2.36. The Balaban J connectivity index is 1.91. The zero-order valence-corrected chi connectivity index (χ0v) is 10.2. The van der Waals surface area contributed by atoms with Crippen LogP contribution in [0.5, 0.6) is 0 Å². The molecule has 1 heteroatoms. The van der Waals surface area contributed by atoms with Crippen molar-refractivity contribution in [1.82, 2.24) is 0 Å². The maximum Gasteiger partial charge on any atom is 0.139 e. The second-order valence-corrected chi connectivity index (χ2v) is 5.68. The summed E-state index contributed by atoms with van der Waals surface area (Å²) in [7, 11) is 2.17. The van der Waals surface area contributed by atoms with Crippen LogP contribution in [0.2, 0.25) is 0 Å². The van der Waals surface area contributed by atoms with Gasteiger partial charge in [0.1, 0.15) is 7.85 Å². The number of rotatable bonds is 1. The fourth-order valence-corrected chi connectivity index (χ4v) is 3.66. The Bertz CT molecular complexity index is 416. The monoisotopic (exact) mass is 210 g/mol. The van der Waals surface area contributed by atoms with E-state index in [2.05, 4.69) is 45.1 Å². The first-order valence-electron chi connectivity index (χ1n) is 6.48. The van der Waals surface area contributed by atoms with Crippen molar-refractivity contribution in [3.63, 3.8) is 0 Å². The van der Waals surface area contributed by atoms with E-state index in [1.165, 1.54) is 24.7 Å². The van der Waals surface area contributed by atoms with Gasteiger partial charge in [-0.2, -0.15) is 0 Å². The van der Waals surface area contributed by atoms with Gasteiger partial charge in [-0.25, -0.2) is 0 Å². The van der Waals surface area contributed by atoms with Crippen LogP contribution in [0.4, 0.5) is 0 Å². The molecule has 0 aliphatic heterocycles. The molecule has 3 unspecified atom stereocenters. The molecule has 2 aliphatic rings. The van der Waals surface area contributed by atoms with E-state index in [1.54, 1.807) is 11.1 Å². The molecule has 0 heterocycles. The van der Waals surface area contributed by atoms with E-state index in [0.717, 1.165) is 17.8 Å². The molecule has 2 aliphatic carbocycles. The lowest BCUT2D eigenvalue weighted by molar-refractivity contribution is 0.300. The summed E-state index contributed by atoms with van der Waals surface area (Å²) < 4.78 is 0. The summed E-state index contributed by atoms with van der Waals surface area (Å²) in [5.74, 6) is 2.51. The summed E-state index contributed by atoms with van der Waals surface area (Å²) in [5.41, 5.74) is 4.66. The van der Waals surface area contributed by atoms with Crippen LogP contribution in [-0.2, 0) is 0 Å². The van der Waals surface area contributed by atoms with Crippen molar-refractivity contribution < 1.29 is 0 Å². The standard InChI is InChI=1S/C15H19B/c1-10-8-11-2-3-13(9-11)15(10)12-4-6-14(16)7-5-12/h2,4-7,10,13,15H,3,8-9,16H2,1H3. The van der Waals surface area contributed by atoms with Gasteiger partial charge in [-0.3, -0.25) is 0 Å². The Morgan fingerprint density at radius 2 is 1.88 bits per heavy atom. The molecule has 1 aromatic rings. The van der Waals surface area contributed by atoms with E-state index in [-0.39, 0.29) is 0 Å². The van der Waals surface area contributed by atoms with E-state index >= 15 is 0 Å². The van der Waals surface area contributed by atoms with Gasteiger partial charge in [0.15, 0.2) is 0 Å². The van der Waals surface area contributed by atoms with Gasteiger partial charge in [-0.15, -0.1) is 0 Å². The van der Waals surface area contributed by atoms with Gasteiger partial charge in [-0.05, 0) is 42.6 Å². The molecule has 1 aromatic carbocycles. The van der Waals surface area contributed by atoms with Crippen molar-refractivity contribution in [2.45, 2.75) is 32.1 Å². The molecule has 0 saturated heterocycles. The molecule has 0 nitrogen and oxygen atoms in total. The molecule has 16 heavy (non-hydrogen) atoms. The van der Waals surface area contributed by atoms with Crippen LogP contribution in [0, 0.1) is 11.8 Å². The Morgan fingerprint density at radius 1 is 1.12 bits per heavy atom. The third-order valence-corrected chi connectivity index (χ3v) is 4.40. The maximum atomic E-state index is 2.50. The van der Waals surface area contributed by atoms with Gasteiger partial charge in [0.05, 0.1) is 0 Å². The average Bonchev–Trinajstić information content (AvgIpc) is 2.64. The zero-order chi connectivity index (χ0) is 11.1. The zero-order valence-electron chi connectivity index (χ0n) is 10.2. The molecule has 0 amide bonds. The van der Waals surface area contributed by atoms with Gasteiger partial charge in [0, 0.05) is 0 Å². The second-order valence-electron chi connectivity index (χ2n) is 5.68. The lowest BCUT2D eigenvalue weighted by atomic mass is 9.70. The third-order valence-electron chi connectivity index (χ3n) is 4.40. The number of benzene rings is 1. The smallest absolute Gasteiger partial charge is 0.0889 e. The molecule has 0 aromatic heterocycles. The molecule has 2 bridgehead atoms. The van der Waals surface area contributed by atoms with E-state index in [9.17, 15) is 0 Å². The van der Waals surface area contributed by atoms with Crippen molar-refractivity contribution in [1.29, 1.82) is 0 Å². The number of hydrogen-bond donors (Lipinski definition) is 0. The Hall–Kier alpha value is -0.975. The van der Waals surface area contributed by atoms with Crippen molar-refractivity contribution >= 4 is 13.3 Å². The highest BCUT2D eigenvalue weighted by molar-refractivity contribution is 6.32. The third kappa shape index (κ3) is 1.63. The van der Waals surface area contributed by atoms with Gasteiger partial charge in [0.25, 0.3) is 0 Å². The van der Waals surface area contributed by atoms with Crippen LogP contribution in [-0.4, -0.2) is 7.85 Å². The first-order valence-corrected chi connectivity index (χ1v) is 6.48. The first-order chi connectivity index (χ1) is 7.74. The molecular weight excluding hydrogens is 191 g/mol. The van der Waals surface area contributed by atoms with Gasteiger partial charge >= 0.3 is 0 Å². The van der Waals surface area contributed by atoms with Crippen LogP contribution in [0.15, 0.2) is 35.9 Å². The summed E-state index contributed by atoms with van der Waals surface area (Å²) >= 11 is 0. The van der Waals surface area contributed by atoms with E-state index in [0.29, 0.717) is 0 Å². The largest absolute Gasteiger partial charge is 0.139 e. The minimum Gasteiger partial charge on any atom is -0.0889 e. The second kappa shape index (κ2) is 3.80. The van der Waals surface area contributed by atoms with Crippen molar-refractivity contribution in [2.75, 3.05) is 0 Å². The van der Waals surface area contributed by atoms with Gasteiger partial charge in [-0.1, -0.05) is 48.3 Å². The average molecular weight is 210 g/mol. The molecule has 3 atom stereocenters. The fraction of sp³-hybridized carbons (Fsp3) is 0.467. The first kappa shape index (κ1) is 10.2. The summed E-state index contributed by atoms with van der Waals surface area (Å²) in [4.78, 5) is 0. The topological polar surface area (TPSA) is 0 Å².